The summed E-state index contributed by atoms with van der Waals surface area (Å²) < 4.78 is 0. The second kappa shape index (κ2) is 8.23. The Morgan fingerprint density at radius 3 is 2.73 bits per heavy atom. The van der Waals surface area contributed by atoms with Gasteiger partial charge in [0.1, 0.15) is 5.00 Å². The van der Waals surface area contributed by atoms with Crippen LogP contribution in [-0.4, -0.2) is 11.8 Å². The van der Waals surface area contributed by atoms with Gasteiger partial charge in [-0.3, -0.25) is 9.59 Å². The number of carbonyl (C=O) groups is 2. The smallest absolute Gasteiger partial charge is 0.251 e. The van der Waals surface area contributed by atoms with Crippen LogP contribution in [0.2, 0.25) is 5.02 Å². The van der Waals surface area contributed by atoms with Gasteiger partial charge in [0.2, 0.25) is 5.91 Å². The average Bonchev–Trinajstić information content (AvgIpc) is 2.93. The van der Waals surface area contributed by atoms with Gasteiger partial charge in [0.15, 0.2) is 0 Å². The van der Waals surface area contributed by atoms with Gasteiger partial charge in [0.05, 0.1) is 5.56 Å². The van der Waals surface area contributed by atoms with Gasteiger partial charge in [-0.2, -0.15) is 0 Å². The van der Waals surface area contributed by atoms with E-state index in [9.17, 15) is 9.59 Å². The molecule has 4 nitrogen and oxygen atoms in total. The normalized spacial score (nSPS) is 16.2. The number of fused-ring (bicyclic) bond motifs is 1. The molecule has 138 valence electrons. The van der Waals surface area contributed by atoms with E-state index in [-0.39, 0.29) is 5.91 Å². The van der Waals surface area contributed by atoms with Gasteiger partial charge >= 0.3 is 0 Å². The molecular weight excluding hydrogens is 368 g/mol. The molecule has 2 amide bonds. The number of halogens is 1. The summed E-state index contributed by atoms with van der Waals surface area (Å²) in [5, 5.41) is 4.25. The first kappa shape index (κ1) is 18.9. The van der Waals surface area contributed by atoms with Crippen LogP contribution in [0.15, 0.2) is 24.3 Å². The van der Waals surface area contributed by atoms with E-state index >= 15 is 0 Å². The van der Waals surface area contributed by atoms with Crippen molar-refractivity contribution in [2.24, 2.45) is 11.7 Å². The first-order chi connectivity index (χ1) is 12.4. The number of thiophene rings is 1. The molecule has 1 heterocycles. The third-order valence-electron chi connectivity index (χ3n) is 4.79. The van der Waals surface area contributed by atoms with Gasteiger partial charge in [-0.05, 0) is 61.3 Å². The minimum atomic E-state index is -0.450. The molecule has 1 aliphatic carbocycles. The Hall–Kier alpha value is -1.85. The van der Waals surface area contributed by atoms with E-state index < -0.39 is 5.91 Å². The molecule has 3 rings (SSSR count). The second-order valence-electron chi connectivity index (χ2n) is 6.95. The lowest BCUT2D eigenvalue weighted by atomic mass is 9.88. The van der Waals surface area contributed by atoms with Crippen LogP contribution in [0.1, 0.15) is 52.5 Å². The molecule has 0 bridgehead atoms. The van der Waals surface area contributed by atoms with Gasteiger partial charge in [-0.1, -0.05) is 30.7 Å². The van der Waals surface area contributed by atoms with Gasteiger partial charge in [0, 0.05) is 16.3 Å². The topological polar surface area (TPSA) is 72.2 Å². The van der Waals surface area contributed by atoms with Crippen LogP contribution in [0.5, 0.6) is 0 Å². The first-order valence-electron chi connectivity index (χ1n) is 8.92. The van der Waals surface area contributed by atoms with E-state index in [2.05, 4.69) is 12.2 Å². The molecule has 1 aliphatic rings. The number of hydrogen-bond acceptors (Lipinski definition) is 3. The maximum atomic E-state index is 12.3. The Morgan fingerprint density at radius 2 is 2.04 bits per heavy atom. The molecule has 1 atom stereocenters. The van der Waals surface area contributed by atoms with Crippen molar-refractivity contribution >= 4 is 39.8 Å². The van der Waals surface area contributed by atoms with Crippen LogP contribution in [-0.2, 0) is 24.1 Å². The van der Waals surface area contributed by atoms with Crippen molar-refractivity contribution in [1.29, 1.82) is 0 Å². The molecule has 3 N–H and O–H groups in total. The Labute approximate surface area is 162 Å². The van der Waals surface area contributed by atoms with Crippen LogP contribution < -0.4 is 11.1 Å². The minimum Gasteiger partial charge on any atom is -0.365 e. The lowest BCUT2D eigenvalue weighted by Crippen LogP contribution is -2.19. The summed E-state index contributed by atoms with van der Waals surface area (Å²) in [6.07, 6.45) is 4.82. The van der Waals surface area contributed by atoms with Gasteiger partial charge < -0.3 is 11.1 Å². The number of nitrogens with two attached hydrogens (primary N) is 1. The summed E-state index contributed by atoms with van der Waals surface area (Å²) in [5.41, 5.74) is 8.30. The predicted molar refractivity (Wildman–Crippen MR) is 107 cm³/mol. The fraction of sp³-hybridized carbons (Fsp3) is 0.400. The Balaban J connectivity index is 1.62. The van der Waals surface area contributed by atoms with E-state index in [1.165, 1.54) is 16.2 Å². The van der Waals surface area contributed by atoms with Crippen LogP contribution in [0.25, 0.3) is 0 Å². The molecule has 1 unspecified atom stereocenters. The highest BCUT2D eigenvalue weighted by Gasteiger charge is 2.27. The molecule has 6 heteroatoms. The van der Waals surface area contributed by atoms with Crippen molar-refractivity contribution in [1.82, 2.24) is 0 Å². The zero-order chi connectivity index (χ0) is 18.7. The minimum absolute atomic E-state index is 0.0758. The third kappa shape index (κ3) is 4.46. The highest BCUT2D eigenvalue weighted by Crippen LogP contribution is 2.39. The molecule has 0 saturated carbocycles. The number of carbonyl (C=O) groups excluding carboxylic acids is 2. The SMILES string of the molecule is CC1CCc2c(sc(NC(=O)CCCc3ccc(Cl)cc3)c2C(N)=O)C1. The number of anilines is 1. The van der Waals surface area contributed by atoms with Crippen molar-refractivity contribution in [2.75, 3.05) is 5.32 Å². The fourth-order valence-corrected chi connectivity index (χ4v) is 4.95. The van der Waals surface area contributed by atoms with Gasteiger partial charge in [0.25, 0.3) is 5.91 Å². The van der Waals surface area contributed by atoms with Crippen molar-refractivity contribution in [3.05, 3.63) is 50.9 Å². The van der Waals surface area contributed by atoms with E-state index in [1.807, 2.05) is 24.3 Å². The maximum Gasteiger partial charge on any atom is 0.251 e. The molecule has 0 aliphatic heterocycles. The molecule has 0 radical (unpaired) electrons. The number of primary amides is 1. The van der Waals surface area contributed by atoms with E-state index in [1.54, 1.807) is 0 Å². The molecule has 2 aromatic rings. The summed E-state index contributed by atoms with van der Waals surface area (Å²) in [4.78, 5) is 25.4. The van der Waals surface area contributed by atoms with E-state index in [0.717, 1.165) is 43.2 Å². The highest BCUT2D eigenvalue weighted by atomic mass is 35.5. The molecule has 26 heavy (non-hydrogen) atoms. The molecule has 0 spiro atoms. The summed E-state index contributed by atoms with van der Waals surface area (Å²) in [6, 6.07) is 7.65. The van der Waals surface area contributed by atoms with Crippen LogP contribution in [0.3, 0.4) is 0 Å². The molecule has 0 fully saturated rings. The molecule has 1 aromatic carbocycles. The van der Waals surface area contributed by atoms with Gasteiger partial charge in [-0.15, -0.1) is 11.3 Å². The summed E-state index contributed by atoms with van der Waals surface area (Å²) >= 11 is 7.38. The number of benzene rings is 1. The zero-order valence-electron chi connectivity index (χ0n) is 14.8. The number of hydrogen-bond donors (Lipinski definition) is 2. The average molecular weight is 391 g/mol. The van der Waals surface area contributed by atoms with Crippen LogP contribution in [0.4, 0.5) is 5.00 Å². The zero-order valence-corrected chi connectivity index (χ0v) is 16.4. The number of rotatable bonds is 6. The maximum absolute atomic E-state index is 12.3. The summed E-state index contributed by atoms with van der Waals surface area (Å²) in [5.74, 6) is 0.0754. The van der Waals surface area contributed by atoms with Gasteiger partial charge in [-0.25, -0.2) is 0 Å². The Bertz CT molecular complexity index is 814. The lowest BCUT2D eigenvalue weighted by molar-refractivity contribution is -0.116. The Kier molecular flexibility index (Phi) is 5.99. The summed E-state index contributed by atoms with van der Waals surface area (Å²) in [6.45, 7) is 2.21. The molecule has 1 aromatic heterocycles. The quantitative estimate of drug-likeness (QED) is 0.757. The highest BCUT2D eigenvalue weighted by molar-refractivity contribution is 7.17. The molecular formula is C20H23ClN2O2S. The van der Waals surface area contributed by atoms with Crippen molar-refractivity contribution in [3.63, 3.8) is 0 Å². The van der Waals surface area contributed by atoms with Crippen molar-refractivity contribution < 1.29 is 9.59 Å². The number of amides is 2. The third-order valence-corrected chi connectivity index (χ3v) is 6.22. The number of nitrogens with one attached hydrogen (secondary N) is 1. The lowest BCUT2D eigenvalue weighted by Gasteiger charge is -2.18. The van der Waals surface area contributed by atoms with E-state index in [4.69, 9.17) is 17.3 Å². The van der Waals surface area contributed by atoms with Crippen LogP contribution >= 0.6 is 22.9 Å². The van der Waals surface area contributed by atoms with Crippen molar-refractivity contribution in [2.45, 2.75) is 45.4 Å². The monoisotopic (exact) mass is 390 g/mol. The molecule has 0 saturated heterocycles. The first-order valence-corrected chi connectivity index (χ1v) is 10.1. The largest absolute Gasteiger partial charge is 0.365 e. The fourth-order valence-electron chi connectivity index (χ4n) is 3.39. The summed E-state index contributed by atoms with van der Waals surface area (Å²) in [7, 11) is 0. The Morgan fingerprint density at radius 1 is 1.31 bits per heavy atom. The standard InChI is InChI=1S/C20H23ClN2O2S/c1-12-5-10-15-16(11-12)26-20(18(15)19(22)25)23-17(24)4-2-3-13-6-8-14(21)9-7-13/h6-9,12H,2-5,10-11H2,1H3,(H2,22,25)(H,23,24). The predicted octanol–water partition coefficient (Wildman–Crippen LogP) is 4.59. The van der Waals surface area contributed by atoms with Crippen molar-refractivity contribution in [3.8, 4) is 0 Å². The number of aryl methyl sites for hydroxylation is 1. The second-order valence-corrected chi connectivity index (χ2v) is 8.49. The van der Waals surface area contributed by atoms with Crippen LogP contribution in [0, 0.1) is 5.92 Å². The van der Waals surface area contributed by atoms with E-state index in [0.29, 0.717) is 27.9 Å².